The zero-order valence-corrected chi connectivity index (χ0v) is 39.4. The van der Waals surface area contributed by atoms with Crippen molar-refractivity contribution in [2.24, 2.45) is 11.1 Å². The quantitative estimate of drug-likeness (QED) is 0.0808. The molecule has 65 heavy (non-hydrogen) atoms. The Labute approximate surface area is 383 Å². The van der Waals surface area contributed by atoms with E-state index in [4.69, 9.17) is 20.0 Å². The molecule has 2 aliphatic rings. The number of aliphatic hydroxyl groups excluding tert-OH is 1. The monoisotopic (exact) mass is 898 g/mol. The number of carbonyl (C=O) groups excluding carboxylic acids is 4. The Balaban J connectivity index is 0.870. The normalized spacial score (nSPS) is 17.7. The molecule has 2 aromatic heterocycles. The zero-order chi connectivity index (χ0) is 46.7. The van der Waals surface area contributed by atoms with Gasteiger partial charge >= 0.3 is 0 Å². The second-order valence-corrected chi connectivity index (χ2v) is 18.9. The maximum Gasteiger partial charge on any atom is 0.246 e. The summed E-state index contributed by atoms with van der Waals surface area (Å²) in [7, 11) is 1.68. The lowest BCUT2D eigenvalue weighted by Crippen LogP contribution is -2.57. The molecule has 2 saturated heterocycles. The van der Waals surface area contributed by atoms with Gasteiger partial charge in [0.15, 0.2) is 0 Å². The average Bonchev–Trinajstić information content (AvgIpc) is 3.96. The van der Waals surface area contributed by atoms with Crippen LogP contribution in [0.2, 0.25) is 0 Å². The van der Waals surface area contributed by atoms with Gasteiger partial charge in [-0.05, 0) is 73.9 Å². The number of aryl methyl sites for hydroxylation is 4. The van der Waals surface area contributed by atoms with Crippen LogP contribution in [0.15, 0.2) is 47.0 Å². The molecule has 0 saturated carbocycles. The number of hydrogen-bond donors (Lipinski definition) is 4. The van der Waals surface area contributed by atoms with E-state index in [9.17, 15) is 24.3 Å². The number of nitrogens with two attached hydrogens (primary N) is 1. The minimum Gasteiger partial charge on any atom is -0.497 e. The number of nitrogens with zero attached hydrogens (tertiary/aromatic N) is 6. The van der Waals surface area contributed by atoms with Crippen molar-refractivity contribution in [3.8, 4) is 16.9 Å². The third kappa shape index (κ3) is 13.4. The predicted molar refractivity (Wildman–Crippen MR) is 250 cm³/mol. The summed E-state index contributed by atoms with van der Waals surface area (Å²) < 4.78 is 13.2. The number of unbranched alkanes of at least 4 members (excludes halogenated alkanes) is 5. The molecule has 4 aromatic rings. The predicted octanol–water partition coefficient (Wildman–Crippen LogP) is 4.54. The van der Waals surface area contributed by atoms with Gasteiger partial charge in [0, 0.05) is 77.2 Å². The Hall–Kier alpha value is -5.32. The molecule has 0 unspecified atom stereocenters. The number of rotatable bonds is 22. The second-order valence-electron chi connectivity index (χ2n) is 18.9. The number of hydrogen-bond acceptors (Lipinski definition) is 11. The number of aliphatic hydroxyl groups is 1. The fourth-order valence-corrected chi connectivity index (χ4v) is 9.11. The first-order valence-electron chi connectivity index (χ1n) is 23.4. The topological polar surface area (TPSA) is 201 Å². The molecular formula is C49H71N9O7. The molecule has 354 valence electrons. The summed E-state index contributed by atoms with van der Waals surface area (Å²) in [4.78, 5) is 62.2. The molecule has 0 spiro atoms. The lowest BCUT2D eigenvalue weighted by molar-refractivity contribution is -0.143. The van der Waals surface area contributed by atoms with E-state index in [1.54, 1.807) is 7.11 Å². The molecule has 2 fully saturated rings. The summed E-state index contributed by atoms with van der Waals surface area (Å²) in [5.74, 6) is 1.50. The first-order chi connectivity index (χ1) is 31.1. The SMILES string of the molecule is COc1ccc(CCc2nc3cc(-c4c(C)noc4C)ccc3n2CCN2CCN(CC(=O)NCCCCCCCCC(=O)N[C@H](C(=O)N3C[C@H](O)C[C@H]3C(N)=O)C(C)(C)C)CC2)cc1. The molecule has 0 aliphatic carbocycles. The van der Waals surface area contributed by atoms with Gasteiger partial charge in [-0.25, -0.2) is 4.98 Å². The number of aromatic nitrogens is 3. The van der Waals surface area contributed by atoms with Crippen molar-refractivity contribution in [1.29, 1.82) is 0 Å². The molecule has 0 radical (unpaired) electrons. The van der Waals surface area contributed by atoms with Gasteiger partial charge in [0.1, 0.15) is 29.4 Å². The van der Waals surface area contributed by atoms with Crippen LogP contribution in [-0.4, -0.2) is 136 Å². The third-order valence-electron chi connectivity index (χ3n) is 12.9. The van der Waals surface area contributed by atoms with E-state index >= 15 is 0 Å². The van der Waals surface area contributed by atoms with Crippen LogP contribution in [0.1, 0.15) is 95.0 Å². The Bertz CT molecular complexity index is 2200. The van der Waals surface area contributed by atoms with Crippen molar-refractivity contribution in [2.45, 2.75) is 124 Å². The minimum atomic E-state index is -0.878. The third-order valence-corrected chi connectivity index (χ3v) is 12.9. The molecule has 2 aliphatic heterocycles. The Morgan fingerprint density at radius 2 is 1.60 bits per heavy atom. The maximum absolute atomic E-state index is 13.4. The number of imidazole rings is 1. The van der Waals surface area contributed by atoms with Gasteiger partial charge in [-0.1, -0.05) is 69.8 Å². The first-order valence-corrected chi connectivity index (χ1v) is 23.4. The maximum atomic E-state index is 13.4. The number of carbonyl (C=O) groups is 4. The van der Waals surface area contributed by atoms with Crippen molar-refractivity contribution in [3.63, 3.8) is 0 Å². The number of benzene rings is 2. The molecule has 3 atom stereocenters. The summed E-state index contributed by atoms with van der Waals surface area (Å²) in [5, 5.41) is 20.2. The van der Waals surface area contributed by atoms with Crippen LogP contribution in [0, 0.1) is 19.3 Å². The van der Waals surface area contributed by atoms with Crippen LogP contribution in [-0.2, 0) is 38.6 Å². The van der Waals surface area contributed by atoms with Gasteiger partial charge in [-0.3, -0.25) is 29.0 Å². The molecule has 4 amide bonds. The molecule has 16 heteroatoms. The van der Waals surface area contributed by atoms with Gasteiger partial charge < -0.3 is 40.2 Å². The summed E-state index contributed by atoms with van der Waals surface area (Å²) in [6, 6.07) is 13.0. The highest BCUT2D eigenvalue weighted by atomic mass is 16.5. The standard InChI is InChI=1S/C49H71N9O7/c1-33-45(34(2)65-54-33)36-17-20-40-39(29-36)52-42(21-16-35-14-18-38(64-6)19-15-35)57(40)28-27-55-23-25-56(26-24-55)32-44(61)51-22-12-10-8-7-9-11-13-43(60)53-46(49(3,4)5)48(63)58-31-37(59)30-41(58)47(50)62/h14-15,17-20,29,37,41,46,59H,7-13,16,21-28,30-32H2,1-6H3,(H2,50,62)(H,51,61)(H,53,60)/t37-,41+,46-/m1/s1. The fraction of sp³-hybridized carbons (Fsp3) is 0.592. The number of primary amides is 1. The number of likely N-dealkylation sites (tertiary alicyclic amines) is 1. The van der Waals surface area contributed by atoms with Crippen LogP contribution in [0.3, 0.4) is 0 Å². The van der Waals surface area contributed by atoms with E-state index in [1.165, 1.54) is 10.5 Å². The molecule has 6 rings (SSSR count). The number of piperazine rings is 1. The van der Waals surface area contributed by atoms with Crippen molar-refractivity contribution < 1.29 is 33.5 Å². The number of ether oxygens (including phenoxy) is 1. The number of nitrogens with one attached hydrogen (secondary N) is 2. The largest absolute Gasteiger partial charge is 0.497 e. The average molecular weight is 898 g/mol. The van der Waals surface area contributed by atoms with Crippen LogP contribution in [0.25, 0.3) is 22.2 Å². The first kappa shape index (κ1) is 49.1. The van der Waals surface area contributed by atoms with Crippen molar-refractivity contribution in [1.82, 2.24) is 40.0 Å². The molecule has 5 N–H and O–H groups in total. The Morgan fingerprint density at radius 3 is 2.26 bits per heavy atom. The van der Waals surface area contributed by atoms with Gasteiger partial charge in [0.2, 0.25) is 23.6 Å². The van der Waals surface area contributed by atoms with Crippen molar-refractivity contribution >= 4 is 34.7 Å². The summed E-state index contributed by atoms with van der Waals surface area (Å²) in [5.41, 5.74) is 11.2. The molecule has 16 nitrogen and oxygen atoms in total. The van der Waals surface area contributed by atoms with Crippen molar-refractivity contribution in [2.75, 3.05) is 59.5 Å². The van der Waals surface area contributed by atoms with E-state index in [1.807, 2.05) is 46.8 Å². The van der Waals surface area contributed by atoms with E-state index in [2.05, 4.69) is 60.5 Å². The molecule has 4 heterocycles. The summed E-state index contributed by atoms with van der Waals surface area (Å²) in [6.07, 6.45) is 6.73. The van der Waals surface area contributed by atoms with Crippen LogP contribution < -0.4 is 21.1 Å². The summed E-state index contributed by atoms with van der Waals surface area (Å²) >= 11 is 0. The number of fused-ring (bicyclic) bond motifs is 1. The number of β-amino-alcohol motifs (C(OH)–C–C–N with tert-alkyl or cyclic N) is 1. The van der Waals surface area contributed by atoms with Gasteiger partial charge in [-0.2, -0.15) is 0 Å². The Kier molecular flexibility index (Phi) is 17.2. The lowest BCUT2D eigenvalue weighted by atomic mass is 9.85. The van der Waals surface area contributed by atoms with E-state index in [-0.39, 0.29) is 24.8 Å². The Morgan fingerprint density at radius 1 is 0.908 bits per heavy atom. The highest BCUT2D eigenvalue weighted by Crippen LogP contribution is 2.31. The lowest BCUT2D eigenvalue weighted by Gasteiger charge is -2.35. The van der Waals surface area contributed by atoms with E-state index in [0.29, 0.717) is 25.9 Å². The van der Waals surface area contributed by atoms with Crippen LogP contribution in [0.5, 0.6) is 5.75 Å². The fourth-order valence-electron chi connectivity index (χ4n) is 9.11. The number of methoxy groups -OCH3 is 1. The van der Waals surface area contributed by atoms with Gasteiger partial charge in [-0.15, -0.1) is 0 Å². The zero-order valence-electron chi connectivity index (χ0n) is 39.4. The highest BCUT2D eigenvalue weighted by Gasteiger charge is 2.43. The van der Waals surface area contributed by atoms with Gasteiger partial charge in [0.25, 0.3) is 0 Å². The smallest absolute Gasteiger partial charge is 0.246 e. The van der Waals surface area contributed by atoms with E-state index < -0.39 is 35.4 Å². The van der Waals surface area contributed by atoms with Gasteiger partial charge in [0.05, 0.1) is 36.5 Å². The molecule has 2 aromatic carbocycles. The van der Waals surface area contributed by atoms with Crippen LogP contribution >= 0.6 is 0 Å². The van der Waals surface area contributed by atoms with Crippen LogP contribution in [0.4, 0.5) is 0 Å². The van der Waals surface area contributed by atoms with Crippen molar-refractivity contribution in [3.05, 3.63) is 65.3 Å². The molecular weight excluding hydrogens is 827 g/mol. The highest BCUT2D eigenvalue weighted by molar-refractivity contribution is 5.92. The second kappa shape index (κ2) is 22.7. The summed E-state index contributed by atoms with van der Waals surface area (Å²) in [6.45, 7) is 15.7. The van der Waals surface area contributed by atoms with E-state index in [0.717, 1.165) is 129 Å². The molecule has 0 bridgehead atoms. The minimum absolute atomic E-state index is 0.0210. The number of amides is 4.